The van der Waals surface area contributed by atoms with Gasteiger partial charge in [-0.3, -0.25) is 4.98 Å². The van der Waals surface area contributed by atoms with Crippen LogP contribution in [0.5, 0.6) is 0 Å². The summed E-state index contributed by atoms with van der Waals surface area (Å²) in [6.45, 7) is 2.24. The third-order valence-corrected chi connectivity index (χ3v) is 4.94. The van der Waals surface area contributed by atoms with Crippen molar-refractivity contribution in [3.8, 4) is 23.1 Å². The lowest BCUT2D eigenvalue weighted by molar-refractivity contribution is -0.0696. The van der Waals surface area contributed by atoms with Gasteiger partial charge >= 0.3 is 6.18 Å². The second-order valence-electron chi connectivity index (χ2n) is 7.00. The summed E-state index contributed by atoms with van der Waals surface area (Å²) in [4.78, 5) is 4.29. The van der Waals surface area contributed by atoms with Gasteiger partial charge in [0.1, 0.15) is 11.6 Å². The Bertz CT molecular complexity index is 843. The normalized spacial score (nSPS) is 20.1. The first-order chi connectivity index (χ1) is 12.7. The van der Waals surface area contributed by atoms with Gasteiger partial charge in [-0.05, 0) is 48.4 Å². The molecule has 1 aliphatic carbocycles. The maximum absolute atomic E-state index is 14.0. The van der Waals surface area contributed by atoms with Gasteiger partial charge in [-0.2, -0.15) is 13.2 Å². The number of alkyl halides is 3. The molecule has 1 aromatic carbocycles. The SMILES string of the molecule is CC1CCC(c2ccc(-c3cc(F)c(C#CC(F)(F)F)c(F)c3)nc2)CC1. The summed E-state index contributed by atoms with van der Waals surface area (Å²) in [5.41, 5.74) is 0.714. The van der Waals surface area contributed by atoms with Gasteiger partial charge in [0.2, 0.25) is 0 Å². The van der Waals surface area contributed by atoms with Gasteiger partial charge in [-0.15, -0.1) is 0 Å². The van der Waals surface area contributed by atoms with Gasteiger partial charge in [-0.1, -0.05) is 31.8 Å². The molecule has 0 amide bonds. The molecule has 1 heterocycles. The summed E-state index contributed by atoms with van der Waals surface area (Å²) in [5.74, 6) is 1.28. The first-order valence-corrected chi connectivity index (χ1v) is 8.78. The highest BCUT2D eigenvalue weighted by Gasteiger charge is 2.24. The minimum atomic E-state index is -4.81. The van der Waals surface area contributed by atoms with Gasteiger partial charge in [-0.25, -0.2) is 8.78 Å². The Hall–Kier alpha value is -2.42. The van der Waals surface area contributed by atoms with Crippen LogP contribution in [0, 0.1) is 29.4 Å². The van der Waals surface area contributed by atoms with E-state index in [9.17, 15) is 22.0 Å². The van der Waals surface area contributed by atoms with E-state index < -0.39 is 23.4 Å². The summed E-state index contributed by atoms with van der Waals surface area (Å²) >= 11 is 0. The van der Waals surface area contributed by atoms with Crippen molar-refractivity contribution in [1.29, 1.82) is 0 Å². The van der Waals surface area contributed by atoms with Crippen LogP contribution in [0.3, 0.4) is 0 Å². The Kier molecular flexibility index (Phi) is 5.50. The number of aromatic nitrogens is 1. The van der Waals surface area contributed by atoms with Crippen LogP contribution in [-0.4, -0.2) is 11.2 Å². The zero-order chi connectivity index (χ0) is 19.6. The number of halogens is 5. The molecule has 0 unspecified atom stereocenters. The molecule has 1 nitrogen and oxygen atoms in total. The molecule has 27 heavy (non-hydrogen) atoms. The van der Waals surface area contributed by atoms with Crippen LogP contribution < -0.4 is 0 Å². The van der Waals surface area contributed by atoms with E-state index in [0.717, 1.165) is 42.4 Å². The summed E-state index contributed by atoms with van der Waals surface area (Å²) in [7, 11) is 0. The number of nitrogens with zero attached hydrogens (tertiary/aromatic N) is 1. The zero-order valence-corrected chi connectivity index (χ0v) is 14.7. The summed E-state index contributed by atoms with van der Waals surface area (Å²) in [5, 5.41) is 0. The number of benzene rings is 1. The summed E-state index contributed by atoms with van der Waals surface area (Å²) < 4.78 is 64.5. The Morgan fingerprint density at radius 3 is 2.15 bits per heavy atom. The minimum Gasteiger partial charge on any atom is -0.256 e. The maximum atomic E-state index is 14.0. The van der Waals surface area contributed by atoms with E-state index in [4.69, 9.17) is 0 Å². The molecule has 0 aliphatic heterocycles. The quantitative estimate of drug-likeness (QED) is 0.445. The zero-order valence-electron chi connectivity index (χ0n) is 14.7. The first-order valence-electron chi connectivity index (χ1n) is 8.78. The Labute approximate surface area is 154 Å². The van der Waals surface area contributed by atoms with Gasteiger partial charge in [0, 0.05) is 17.7 Å². The van der Waals surface area contributed by atoms with Crippen LogP contribution in [-0.2, 0) is 0 Å². The van der Waals surface area contributed by atoms with Crippen molar-refractivity contribution >= 4 is 0 Å². The highest BCUT2D eigenvalue weighted by Crippen LogP contribution is 2.35. The summed E-state index contributed by atoms with van der Waals surface area (Å²) in [6.07, 6.45) is 1.43. The van der Waals surface area contributed by atoms with Crippen molar-refractivity contribution in [2.45, 2.75) is 44.7 Å². The molecule has 1 aliphatic rings. The fourth-order valence-electron chi connectivity index (χ4n) is 3.38. The highest BCUT2D eigenvalue weighted by molar-refractivity contribution is 5.61. The van der Waals surface area contributed by atoms with Crippen LogP contribution >= 0.6 is 0 Å². The third kappa shape index (κ3) is 4.85. The second-order valence-corrected chi connectivity index (χ2v) is 7.00. The fourth-order valence-corrected chi connectivity index (χ4v) is 3.38. The highest BCUT2D eigenvalue weighted by atomic mass is 19.4. The van der Waals surface area contributed by atoms with Crippen molar-refractivity contribution in [3.63, 3.8) is 0 Å². The predicted molar refractivity (Wildman–Crippen MR) is 92.9 cm³/mol. The Morgan fingerprint density at radius 2 is 1.63 bits per heavy atom. The third-order valence-electron chi connectivity index (χ3n) is 4.94. The maximum Gasteiger partial charge on any atom is 0.458 e. The second kappa shape index (κ2) is 7.67. The lowest BCUT2D eigenvalue weighted by Gasteiger charge is -2.26. The molecular weight excluding hydrogens is 361 g/mol. The molecule has 0 spiro atoms. The van der Waals surface area contributed by atoms with Crippen LogP contribution in [0.4, 0.5) is 22.0 Å². The van der Waals surface area contributed by atoms with Gasteiger partial charge in [0.15, 0.2) is 0 Å². The molecule has 0 atom stereocenters. The number of rotatable bonds is 2. The van der Waals surface area contributed by atoms with Crippen molar-refractivity contribution in [2.75, 3.05) is 0 Å². The van der Waals surface area contributed by atoms with Crippen molar-refractivity contribution in [2.24, 2.45) is 5.92 Å². The molecular formula is C21H18F5N. The van der Waals surface area contributed by atoms with E-state index in [0.29, 0.717) is 11.6 Å². The molecule has 1 saturated carbocycles. The van der Waals surface area contributed by atoms with Gasteiger partial charge < -0.3 is 0 Å². The molecule has 3 rings (SSSR count). The number of hydrogen-bond donors (Lipinski definition) is 0. The van der Waals surface area contributed by atoms with Gasteiger partial charge in [0.05, 0.1) is 11.3 Å². The average molecular weight is 379 g/mol. The molecule has 6 heteroatoms. The van der Waals surface area contributed by atoms with Crippen molar-refractivity contribution < 1.29 is 22.0 Å². The van der Waals surface area contributed by atoms with E-state index >= 15 is 0 Å². The molecule has 0 bridgehead atoms. The monoisotopic (exact) mass is 379 g/mol. The molecule has 0 radical (unpaired) electrons. The van der Waals surface area contributed by atoms with E-state index in [2.05, 4.69) is 11.9 Å². The van der Waals surface area contributed by atoms with E-state index in [1.54, 1.807) is 12.3 Å². The van der Waals surface area contributed by atoms with Crippen LogP contribution in [0.15, 0.2) is 30.5 Å². The standard InChI is InChI=1S/C21H18F5N/c1-13-2-4-14(5-3-13)15-6-7-20(27-12-15)16-10-18(22)17(19(23)11-16)8-9-21(24,25)26/h6-7,10-14H,2-5H2,1H3. The average Bonchev–Trinajstić information content (AvgIpc) is 2.61. The van der Waals surface area contributed by atoms with E-state index in [1.807, 2.05) is 6.07 Å². The largest absolute Gasteiger partial charge is 0.458 e. The Morgan fingerprint density at radius 1 is 1.00 bits per heavy atom. The van der Waals surface area contributed by atoms with Crippen LogP contribution in [0.1, 0.15) is 49.7 Å². The molecule has 0 saturated heterocycles. The van der Waals surface area contributed by atoms with Crippen LogP contribution in [0.2, 0.25) is 0 Å². The molecule has 1 fully saturated rings. The smallest absolute Gasteiger partial charge is 0.256 e. The first kappa shape index (κ1) is 19.3. The predicted octanol–water partition coefficient (Wildman–Crippen LogP) is 6.23. The minimum absolute atomic E-state index is 0.159. The lowest BCUT2D eigenvalue weighted by Crippen LogP contribution is -2.11. The molecule has 142 valence electrons. The van der Waals surface area contributed by atoms with E-state index in [-0.39, 0.29) is 5.56 Å². The fraction of sp³-hybridized carbons (Fsp3) is 0.381. The van der Waals surface area contributed by atoms with Crippen LogP contribution in [0.25, 0.3) is 11.3 Å². The van der Waals surface area contributed by atoms with E-state index in [1.165, 1.54) is 18.8 Å². The Balaban J connectivity index is 1.83. The topological polar surface area (TPSA) is 12.9 Å². The lowest BCUT2D eigenvalue weighted by atomic mass is 9.80. The molecule has 1 aromatic heterocycles. The molecule has 2 aromatic rings. The van der Waals surface area contributed by atoms with Gasteiger partial charge in [0.25, 0.3) is 0 Å². The van der Waals surface area contributed by atoms with Crippen molar-refractivity contribution in [3.05, 3.63) is 53.2 Å². The number of hydrogen-bond acceptors (Lipinski definition) is 1. The molecule has 0 N–H and O–H groups in total. The van der Waals surface area contributed by atoms with Crippen molar-refractivity contribution in [1.82, 2.24) is 4.98 Å². The number of pyridine rings is 1. The summed E-state index contributed by atoms with van der Waals surface area (Å²) in [6, 6.07) is 5.49.